The molecule has 2 N–H and O–H groups in total. The van der Waals surface area contributed by atoms with Crippen LogP contribution >= 0.6 is 11.8 Å². The van der Waals surface area contributed by atoms with Gasteiger partial charge in [-0.2, -0.15) is 0 Å². The Morgan fingerprint density at radius 3 is 2.09 bits per heavy atom. The van der Waals surface area contributed by atoms with Gasteiger partial charge in [0, 0.05) is 66.9 Å². The molecule has 7 rings (SSSR count). The van der Waals surface area contributed by atoms with Crippen molar-refractivity contribution >= 4 is 39.1 Å². The Bertz CT molecular complexity index is 2300. The van der Waals surface area contributed by atoms with E-state index in [1.54, 1.807) is 36.0 Å². The van der Waals surface area contributed by atoms with Crippen LogP contribution in [0.3, 0.4) is 0 Å². The number of anilines is 2. The summed E-state index contributed by atoms with van der Waals surface area (Å²) in [6, 6.07) is 48.8. The van der Waals surface area contributed by atoms with E-state index in [2.05, 4.69) is 68.4 Å². The zero-order valence-electron chi connectivity index (χ0n) is 30.7. The Hall–Kier alpha value is -5.55. The summed E-state index contributed by atoms with van der Waals surface area (Å²) in [4.78, 5) is 19.1. The number of piperazine rings is 1. The third-order valence-corrected chi connectivity index (χ3v) is 11.9. The van der Waals surface area contributed by atoms with E-state index in [9.17, 15) is 13.2 Å². The molecule has 0 bridgehead atoms. The van der Waals surface area contributed by atoms with Gasteiger partial charge < -0.3 is 15.0 Å². The number of ether oxygens (including phenoxy) is 1. The Labute approximate surface area is 328 Å². The molecule has 0 aliphatic carbocycles. The van der Waals surface area contributed by atoms with E-state index < -0.39 is 15.9 Å². The summed E-state index contributed by atoms with van der Waals surface area (Å²) in [6.07, 6.45) is 0. The van der Waals surface area contributed by atoms with Gasteiger partial charge in [0.25, 0.3) is 15.9 Å². The minimum Gasteiger partial charge on any atom is -0.457 e. The molecule has 6 aromatic rings. The first kappa shape index (κ1) is 37.8. The number of thioether (sulfide) groups is 1. The number of sulfonamides is 1. The maximum absolute atomic E-state index is 13.2. The van der Waals surface area contributed by atoms with Crippen LogP contribution in [0.15, 0.2) is 161 Å². The van der Waals surface area contributed by atoms with Crippen LogP contribution in [0.1, 0.15) is 21.5 Å². The zero-order chi connectivity index (χ0) is 38.0. The van der Waals surface area contributed by atoms with Crippen molar-refractivity contribution in [3.8, 4) is 22.6 Å². The highest BCUT2D eigenvalue weighted by Crippen LogP contribution is 2.29. The van der Waals surface area contributed by atoms with Gasteiger partial charge in [0.1, 0.15) is 11.5 Å². The fourth-order valence-corrected chi connectivity index (χ4v) is 8.46. The minimum absolute atomic E-state index is 0.0472. The van der Waals surface area contributed by atoms with Crippen LogP contribution in [0.4, 0.5) is 11.4 Å². The largest absolute Gasteiger partial charge is 0.457 e. The molecule has 10 heteroatoms. The summed E-state index contributed by atoms with van der Waals surface area (Å²) >= 11 is 1.75. The second-order valence-corrected chi connectivity index (χ2v) is 16.3. The van der Waals surface area contributed by atoms with E-state index in [-0.39, 0.29) is 10.5 Å². The molecule has 1 heterocycles. The van der Waals surface area contributed by atoms with Crippen LogP contribution in [-0.4, -0.2) is 57.7 Å². The van der Waals surface area contributed by atoms with Crippen LogP contribution in [0, 0.1) is 6.92 Å². The number of benzene rings is 6. The first-order valence-electron chi connectivity index (χ1n) is 18.4. The number of hydrogen-bond donors (Lipinski definition) is 2. The average Bonchev–Trinajstić information content (AvgIpc) is 3.21. The Kier molecular flexibility index (Phi) is 12.2. The quantitative estimate of drug-likeness (QED) is 0.0839. The predicted molar refractivity (Wildman–Crippen MR) is 224 cm³/mol. The van der Waals surface area contributed by atoms with Gasteiger partial charge in [-0.05, 0) is 108 Å². The third-order valence-electron chi connectivity index (χ3n) is 9.59. The molecule has 0 atom stereocenters. The molecule has 0 aromatic heterocycles. The Morgan fingerprint density at radius 1 is 0.727 bits per heavy atom. The normalized spacial score (nSPS) is 13.3. The maximum atomic E-state index is 13.2. The molecule has 55 heavy (non-hydrogen) atoms. The lowest BCUT2D eigenvalue weighted by Crippen LogP contribution is -2.46. The fourth-order valence-electron chi connectivity index (χ4n) is 6.61. The van der Waals surface area contributed by atoms with Gasteiger partial charge in [-0.15, -0.1) is 11.8 Å². The van der Waals surface area contributed by atoms with Crippen molar-refractivity contribution in [3.05, 3.63) is 168 Å². The van der Waals surface area contributed by atoms with E-state index >= 15 is 0 Å². The molecule has 1 aliphatic rings. The van der Waals surface area contributed by atoms with Crippen molar-refractivity contribution in [1.29, 1.82) is 0 Å². The van der Waals surface area contributed by atoms with Gasteiger partial charge in [0.2, 0.25) is 0 Å². The number of para-hydroxylation sites is 1. The summed E-state index contributed by atoms with van der Waals surface area (Å²) in [5, 5.41) is 3.38. The van der Waals surface area contributed by atoms with Crippen molar-refractivity contribution in [2.24, 2.45) is 0 Å². The van der Waals surface area contributed by atoms with Crippen LogP contribution in [0.25, 0.3) is 11.1 Å². The molecular weight excluding hydrogens is 725 g/mol. The number of nitrogens with one attached hydrogen (secondary N) is 2. The number of amides is 1. The molecule has 1 fully saturated rings. The highest BCUT2D eigenvalue weighted by atomic mass is 32.2. The molecule has 1 saturated heterocycles. The van der Waals surface area contributed by atoms with E-state index in [1.807, 2.05) is 79.7 Å². The fraction of sp³-hybridized carbons (Fsp3) is 0.178. The molecule has 1 amide bonds. The number of hydrogen-bond acceptors (Lipinski definition) is 8. The maximum Gasteiger partial charge on any atom is 0.264 e. The predicted octanol–water partition coefficient (Wildman–Crippen LogP) is 9.10. The first-order chi connectivity index (χ1) is 26.8. The van der Waals surface area contributed by atoms with Crippen molar-refractivity contribution in [1.82, 2.24) is 9.62 Å². The van der Waals surface area contributed by atoms with Crippen molar-refractivity contribution in [3.63, 3.8) is 0 Å². The summed E-state index contributed by atoms with van der Waals surface area (Å²) in [5.74, 6) is 1.82. The standard InChI is InChI=1S/C45H44N4O4S2/c1-34-32-42(24-25-44(34)46-26-31-54-41-13-6-3-7-14-41)55(51,52)47-45(50)36-16-20-38(21-17-36)49-29-27-48(28-30-49)33-37-10-8-9-15-43(37)35-18-22-40(23-19-35)53-39-11-4-2-5-12-39/h2-25,32,46H,26-31,33H2,1H3,(H,47,50). The SMILES string of the molecule is Cc1cc(S(=O)(=O)NC(=O)c2ccc(N3CCN(Cc4ccccc4-c4ccc(Oc5ccccc5)cc4)CC3)cc2)ccc1NCCSc1ccccc1. The van der Waals surface area contributed by atoms with Gasteiger partial charge in [-0.25, -0.2) is 13.1 Å². The minimum atomic E-state index is -4.06. The van der Waals surface area contributed by atoms with Crippen molar-refractivity contribution < 1.29 is 17.9 Å². The molecule has 280 valence electrons. The molecule has 0 radical (unpaired) electrons. The molecule has 0 saturated carbocycles. The topological polar surface area (TPSA) is 91.0 Å². The van der Waals surface area contributed by atoms with Crippen molar-refractivity contribution in [2.45, 2.75) is 23.3 Å². The number of nitrogens with zero attached hydrogens (tertiary/aromatic N) is 2. The second kappa shape index (κ2) is 17.7. The third kappa shape index (κ3) is 9.96. The van der Waals surface area contributed by atoms with Gasteiger partial charge >= 0.3 is 0 Å². The van der Waals surface area contributed by atoms with E-state index in [0.29, 0.717) is 0 Å². The van der Waals surface area contributed by atoms with E-state index in [4.69, 9.17) is 4.74 Å². The smallest absolute Gasteiger partial charge is 0.264 e. The Balaban J connectivity index is 0.893. The lowest BCUT2D eigenvalue weighted by Gasteiger charge is -2.36. The Morgan fingerprint density at radius 2 is 1.38 bits per heavy atom. The lowest BCUT2D eigenvalue weighted by atomic mass is 9.99. The first-order valence-corrected chi connectivity index (χ1v) is 20.9. The second-order valence-electron chi connectivity index (χ2n) is 13.4. The molecule has 1 aliphatic heterocycles. The molecule has 8 nitrogen and oxygen atoms in total. The van der Waals surface area contributed by atoms with Gasteiger partial charge in [-0.1, -0.05) is 72.8 Å². The summed E-state index contributed by atoms with van der Waals surface area (Å²) in [6.45, 7) is 6.87. The van der Waals surface area contributed by atoms with Gasteiger partial charge in [0.15, 0.2) is 0 Å². The van der Waals surface area contributed by atoms with Crippen LogP contribution in [0.5, 0.6) is 11.5 Å². The van der Waals surface area contributed by atoms with Gasteiger partial charge in [-0.3, -0.25) is 9.69 Å². The zero-order valence-corrected chi connectivity index (χ0v) is 32.4. The highest BCUT2D eigenvalue weighted by molar-refractivity contribution is 7.99. The van der Waals surface area contributed by atoms with E-state index in [0.717, 1.165) is 79.0 Å². The average molecular weight is 769 g/mol. The number of carbonyl (C=O) groups excluding carboxylic acids is 1. The van der Waals surface area contributed by atoms with Crippen LogP contribution in [-0.2, 0) is 16.6 Å². The summed E-state index contributed by atoms with van der Waals surface area (Å²) < 4.78 is 34.6. The van der Waals surface area contributed by atoms with Crippen LogP contribution < -0.4 is 19.7 Å². The molecular formula is C45H44N4O4S2. The van der Waals surface area contributed by atoms with Gasteiger partial charge in [0.05, 0.1) is 4.90 Å². The molecule has 0 unspecified atom stereocenters. The number of carbonyl (C=O) groups is 1. The monoisotopic (exact) mass is 768 g/mol. The van der Waals surface area contributed by atoms with E-state index in [1.165, 1.54) is 22.1 Å². The molecule has 6 aromatic carbocycles. The summed E-state index contributed by atoms with van der Waals surface area (Å²) in [5.41, 5.74) is 6.56. The highest BCUT2D eigenvalue weighted by Gasteiger charge is 2.22. The lowest BCUT2D eigenvalue weighted by molar-refractivity contribution is 0.0981. The molecule has 0 spiro atoms. The number of aryl methyl sites for hydroxylation is 1. The van der Waals surface area contributed by atoms with Crippen LogP contribution in [0.2, 0.25) is 0 Å². The van der Waals surface area contributed by atoms with Crippen molar-refractivity contribution in [2.75, 3.05) is 48.7 Å². The number of rotatable bonds is 14. The summed E-state index contributed by atoms with van der Waals surface area (Å²) in [7, 11) is -4.06.